The van der Waals surface area contributed by atoms with Crippen molar-refractivity contribution >= 4 is 11.8 Å². The van der Waals surface area contributed by atoms with Gasteiger partial charge in [-0.15, -0.1) is 0 Å². The number of rotatable bonds is 4. The molecule has 0 radical (unpaired) electrons. The van der Waals surface area contributed by atoms with Crippen molar-refractivity contribution in [3.05, 3.63) is 23.3 Å². The van der Waals surface area contributed by atoms with Crippen LogP contribution in [-0.4, -0.2) is 59.2 Å². The molecule has 1 N–H and O–H groups in total. The lowest BCUT2D eigenvalue weighted by Gasteiger charge is -2.64. The third-order valence-corrected chi connectivity index (χ3v) is 8.94. The molecule has 5 aliphatic rings. The number of aliphatic hydroxyl groups is 1. The summed E-state index contributed by atoms with van der Waals surface area (Å²) in [6.07, 6.45) is 4.22. The van der Waals surface area contributed by atoms with Gasteiger partial charge in [0.15, 0.2) is 23.4 Å². The minimum Gasteiger partial charge on any atom is -0.477 e. The summed E-state index contributed by atoms with van der Waals surface area (Å²) < 4.78 is 12.9. The van der Waals surface area contributed by atoms with Gasteiger partial charge < -0.3 is 19.1 Å². The summed E-state index contributed by atoms with van der Waals surface area (Å²) in [5.41, 5.74) is 0.381. The minimum atomic E-state index is -0.980. The molecule has 3 fully saturated rings. The van der Waals surface area contributed by atoms with Crippen molar-refractivity contribution in [2.45, 2.75) is 75.5 Å². The third-order valence-electron chi connectivity index (χ3n) is 8.94. The van der Waals surface area contributed by atoms with Crippen molar-refractivity contribution in [3.8, 4) is 11.5 Å². The molecule has 2 saturated carbocycles. The van der Waals surface area contributed by atoms with Crippen LogP contribution in [0.15, 0.2) is 12.1 Å². The maximum Gasteiger partial charge on any atom is 0.313 e. The van der Waals surface area contributed by atoms with E-state index in [0.29, 0.717) is 24.3 Å². The van der Waals surface area contributed by atoms with E-state index in [1.165, 1.54) is 12.8 Å². The maximum atomic E-state index is 13.1. The van der Waals surface area contributed by atoms with Gasteiger partial charge in [0.05, 0.1) is 31.5 Å². The second kappa shape index (κ2) is 6.10. The van der Waals surface area contributed by atoms with E-state index in [0.717, 1.165) is 47.5 Å². The lowest BCUT2D eigenvalue weighted by atomic mass is 9.48. The monoisotopic (exact) mass is 426 g/mol. The molecule has 31 heavy (non-hydrogen) atoms. The summed E-state index contributed by atoms with van der Waals surface area (Å²) in [6, 6.07) is 3.91. The van der Waals surface area contributed by atoms with Gasteiger partial charge in [0.1, 0.15) is 11.6 Å². The number of esters is 1. The number of quaternary nitrogens is 1. The average Bonchev–Trinajstić information content (AvgIpc) is 3.44. The number of nitrogens with zero attached hydrogens (tertiary/aromatic N) is 1. The van der Waals surface area contributed by atoms with Crippen LogP contribution in [0.5, 0.6) is 11.5 Å². The third kappa shape index (κ3) is 2.41. The predicted octanol–water partition coefficient (Wildman–Crippen LogP) is 2.53. The Kier molecular flexibility index (Phi) is 3.89. The number of likely N-dealkylation sites (tertiary alicyclic amines) is 1. The SMILES string of the molecule is CC(C)C(=O)Oc1ccc2c3c1OC1C(=O)CCC4(O)C(C2)[N@@+](C)(CC2CC2)CC[C@]314. The summed E-state index contributed by atoms with van der Waals surface area (Å²) in [7, 11) is 2.31. The first-order valence-electron chi connectivity index (χ1n) is 11.8. The van der Waals surface area contributed by atoms with Crippen LogP contribution in [0.1, 0.15) is 57.1 Å². The number of ether oxygens (including phenoxy) is 2. The first-order valence-corrected chi connectivity index (χ1v) is 11.8. The number of carbonyl (C=O) groups excluding carboxylic acids is 2. The molecule has 5 atom stereocenters. The first kappa shape index (κ1) is 19.7. The van der Waals surface area contributed by atoms with Gasteiger partial charge in [-0.1, -0.05) is 19.9 Å². The number of Topliss-reactive ketones (excluding diaryl/α,β-unsaturated/α-hetero) is 1. The lowest BCUT2D eigenvalue weighted by molar-refractivity contribution is -0.950. The van der Waals surface area contributed by atoms with Crippen LogP contribution in [0.2, 0.25) is 0 Å². The quantitative estimate of drug-likeness (QED) is 0.455. The van der Waals surface area contributed by atoms with E-state index in [9.17, 15) is 14.7 Å². The molecule has 2 bridgehead atoms. The van der Waals surface area contributed by atoms with Crippen LogP contribution in [0.4, 0.5) is 0 Å². The van der Waals surface area contributed by atoms with Crippen molar-refractivity contribution in [1.82, 2.24) is 0 Å². The van der Waals surface area contributed by atoms with Gasteiger partial charge in [0.25, 0.3) is 0 Å². The molecule has 3 aliphatic carbocycles. The van der Waals surface area contributed by atoms with Crippen LogP contribution < -0.4 is 9.47 Å². The molecule has 0 amide bonds. The number of hydrogen-bond acceptors (Lipinski definition) is 5. The average molecular weight is 427 g/mol. The molecule has 1 aromatic carbocycles. The molecular weight excluding hydrogens is 394 g/mol. The van der Waals surface area contributed by atoms with Crippen molar-refractivity contribution in [3.63, 3.8) is 0 Å². The highest BCUT2D eigenvalue weighted by atomic mass is 16.6. The predicted molar refractivity (Wildman–Crippen MR) is 113 cm³/mol. The fourth-order valence-corrected chi connectivity index (χ4v) is 7.23. The van der Waals surface area contributed by atoms with Gasteiger partial charge in [-0.05, 0) is 30.9 Å². The number of ketones is 1. The number of likely N-dealkylation sites (N-methyl/N-ethyl adjacent to an activating group) is 1. The van der Waals surface area contributed by atoms with Crippen LogP contribution in [-0.2, 0) is 21.4 Å². The van der Waals surface area contributed by atoms with Crippen molar-refractivity contribution in [2.75, 3.05) is 20.1 Å². The lowest BCUT2D eigenvalue weighted by Crippen LogP contribution is -2.80. The van der Waals surface area contributed by atoms with E-state index >= 15 is 0 Å². The standard InChI is InChI=1S/C25H32NO5/c1-14(2)23(28)30-18-7-6-16-12-19-25(29)9-8-17(27)22-24(25,20(16)21(18)31-22)10-11-26(19,3)13-15-4-5-15/h6-7,14-15,19,22,29H,4-5,8-13H2,1-3H3/q+1/t19?,22?,24-,25?,26+/m0/s1. The highest BCUT2D eigenvalue weighted by Crippen LogP contribution is 2.66. The van der Waals surface area contributed by atoms with Gasteiger partial charge in [-0.3, -0.25) is 9.59 Å². The molecule has 166 valence electrons. The summed E-state index contributed by atoms with van der Waals surface area (Å²) >= 11 is 0. The van der Waals surface area contributed by atoms with E-state index in [1.54, 1.807) is 13.8 Å². The second-order valence-electron chi connectivity index (χ2n) is 11.2. The van der Waals surface area contributed by atoms with Crippen molar-refractivity contribution < 1.29 is 28.7 Å². The smallest absolute Gasteiger partial charge is 0.313 e. The van der Waals surface area contributed by atoms with Gasteiger partial charge in [0.2, 0.25) is 0 Å². The molecule has 1 aromatic rings. The Morgan fingerprint density at radius 1 is 1.32 bits per heavy atom. The number of benzene rings is 1. The Labute approximate surface area is 183 Å². The van der Waals surface area contributed by atoms with E-state index in [2.05, 4.69) is 7.05 Å². The van der Waals surface area contributed by atoms with Crippen molar-refractivity contribution in [2.24, 2.45) is 11.8 Å². The molecule has 1 spiro atoms. The summed E-state index contributed by atoms with van der Waals surface area (Å²) in [6.45, 7) is 5.64. The Morgan fingerprint density at radius 2 is 2.10 bits per heavy atom. The molecular formula is C25H32NO5+. The number of piperidine rings is 1. The zero-order valence-corrected chi connectivity index (χ0v) is 18.6. The summed E-state index contributed by atoms with van der Waals surface area (Å²) in [5.74, 6) is 1.14. The molecule has 6 nitrogen and oxygen atoms in total. The van der Waals surface area contributed by atoms with Crippen LogP contribution in [0.3, 0.4) is 0 Å². The summed E-state index contributed by atoms with van der Waals surface area (Å²) in [4.78, 5) is 25.4. The van der Waals surface area contributed by atoms with E-state index in [1.807, 2.05) is 12.1 Å². The Bertz CT molecular complexity index is 1000. The van der Waals surface area contributed by atoms with E-state index in [-0.39, 0.29) is 23.7 Å². The van der Waals surface area contributed by atoms with Crippen LogP contribution in [0.25, 0.3) is 0 Å². The zero-order valence-electron chi connectivity index (χ0n) is 18.6. The highest BCUT2D eigenvalue weighted by Gasteiger charge is 2.76. The minimum absolute atomic E-state index is 0.0589. The Morgan fingerprint density at radius 3 is 2.81 bits per heavy atom. The fourth-order valence-electron chi connectivity index (χ4n) is 7.23. The van der Waals surface area contributed by atoms with Gasteiger partial charge in [-0.2, -0.15) is 0 Å². The first-order chi connectivity index (χ1) is 14.7. The van der Waals surface area contributed by atoms with Gasteiger partial charge >= 0.3 is 5.97 Å². The Hall–Kier alpha value is -1.92. The van der Waals surface area contributed by atoms with Gasteiger partial charge in [-0.25, -0.2) is 0 Å². The molecule has 0 aromatic heterocycles. The molecule has 3 unspecified atom stereocenters. The zero-order chi connectivity index (χ0) is 21.8. The van der Waals surface area contributed by atoms with E-state index < -0.39 is 17.1 Å². The second-order valence-corrected chi connectivity index (χ2v) is 11.2. The summed E-state index contributed by atoms with van der Waals surface area (Å²) in [5, 5.41) is 12.4. The van der Waals surface area contributed by atoms with Crippen molar-refractivity contribution in [1.29, 1.82) is 0 Å². The molecule has 2 aliphatic heterocycles. The topological polar surface area (TPSA) is 72.8 Å². The molecule has 2 heterocycles. The number of hydrogen-bond donors (Lipinski definition) is 1. The molecule has 6 heteroatoms. The fraction of sp³-hybridized carbons (Fsp3) is 0.680. The molecule has 1 saturated heterocycles. The number of carbonyl (C=O) groups is 2. The van der Waals surface area contributed by atoms with Crippen LogP contribution >= 0.6 is 0 Å². The van der Waals surface area contributed by atoms with E-state index in [4.69, 9.17) is 9.47 Å². The highest BCUT2D eigenvalue weighted by molar-refractivity contribution is 5.90. The molecule has 6 rings (SSSR count). The normalized spacial score (nSPS) is 39.8. The van der Waals surface area contributed by atoms with Crippen LogP contribution in [0, 0.1) is 11.8 Å². The maximum absolute atomic E-state index is 13.1. The Balaban J connectivity index is 1.52. The largest absolute Gasteiger partial charge is 0.477 e. The van der Waals surface area contributed by atoms with Gasteiger partial charge in [0, 0.05) is 30.7 Å².